The number of nitrogens with one attached hydrogen (secondary N) is 1. The average Bonchev–Trinajstić information content (AvgIpc) is 2.76. The van der Waals surface area contributed by atoms with Gasteiger partial charge in [0.05, 0.1) is 6.26 Å². The quantitative estimate of drug-likeness (QED) is 0.863. The second-order valence-corrected chi connectivity index (χ2v) is 5.32. The SMILES string of the molecule is CC(CCCC(F)(F)F)NC1CCCc2occc21. The molecule has 0 amide bonds. The van der Waals surface area contributed by atoms with E-state index in [1.165, 1.54) is 5.56 Å². The van der Waals surface area contributed by atoms with E-state index in [0.717, 1.165) is 25.0 Å². The van der Waals surface area contributed by atoms with Crippen molar-refractivity contribution >= 4 is 0 Å². The van der Waals surface area contributed by atoms with E-state index in [1.807, 2.05) is 13.0 Å². The van der Waals surface area contributed by atoms with Crippen molar-refractivity contribution in [1.29, 1.82) is 0 Å². The summed E-state index contributed by atoms with van der Waals surface area (Å²) in [5.41, 5.74) is 1.17. The number of rotatable bonds is 5. The molecular weight excluding hydrogens is 255 g/mol. The van der Waals surface area contributed by atoms with Gasteiger partial charge < -0.3 is 9.73 Å². The van der Waals surface area contributed by atoms with Crippen LogP contribution < -0.4 is 5.32 Å². The van der Waals surface area contributed by atoms with Gasteiger partial charge in [0.2, 0.25) is 0 Å². The molecule has 5 heteroatoms. The molecule has 2 rings (SSSR count). The maximum Gasteiger partial charge on any atom is 0.389 e. The minimum Gasteiger partial charge on any atom is -0.469 e. The lowest BCUT2D eigenvalue weighted by atomic mass is 9.92. The third-order valence-electron chi connectivity index (χ3n) is 3.64. The summed E-state index contributed by atoms with van der Waals surface area (Å²) in [5, 5.41) is 3.42. The van der Waals surface area contributed by atoms with Crippen molar-refractivity contribution in [2.75, 3.05) is 0 Å². The molecule has 1 aliphatic carbocycles. The zero-order valence-corrected chi connectivity index (χ0v) is 11.1. The molecule has 0 spiro atoms. The van der Waals surface area contributed by atoms with E-state index in [4.69, 9.17) is 4.42 Å². The lowest BCUT2D eigenvalue weighted by molar-refractivity contribution is -0.135. The summed E-state index contributed by atoms with van der Waals surface area (Å²) in [6.07, 6.45) is 0.736. The van der Waals surface area contributed by atoms with Gasteiger partial charge in [-0.1, -0.05) is 0 Å². The first-order valence-electron chi connectivity index (χ1n) is 6.85. The summed E-state index contributed by atoms with van der Waals surface area (Å²) in [7, 11) is 0. The molecular formula is C14H20F3NO. The molecule has 0 saturated carbocycles. The Hall–Kier alpha value is -0.970. The smallest absolute Gasteiger partial charge is 0.389 e. The molecule has 0 saturated heterocycles. The van der Waals surface area contributed by atoms with E-state index in [2.05, 4.69) is 5.32 Å². The summed E-state index contributed by atoms with van der Waals surface area (Å²) in [6.45, 7) is 1.95. The Morgan fingerprint density at radius 3 is 3.00 bits per heavy atom. The molecule has 0 radical (unpaired) electrons. The second kappa shape index (κ2) is 5.99. The number of aryl methyl sites for hydroxylation is 1. The molecule has 0 fully saturated rings. The van der Waals surface area contributed by atoms with Crippen LogP contribution in [0.3, 0.4) is 0 Å². The highest BCUT2D eigenvalue weighted by Gasteiger charge is 2.27. The van der Waals surface area contributed by atoms with Crippen LogP contribution in [0, 0.1) is 0 Å². The number of halogens is 3. The molecule has 2 unspecified atom stereocenters. The normalized spacial score (nSPS) is 21.2. The van der Waals surface area contributed by atoms with Crippen molar-refractivity contribution in [2.45, 2.75) is 63.7 Å². The Balaban J connectivity index is 1.79. The fourth-order valence-electron chi connectivity index (χ4n) is 2.70. The lowest BCUT2D eigenvalue weighted by Gasteiger charge is -2.26. The minimum atomic E-state index is -4.04. The average molecular weight is 275 g/mol. The first-order chi connectivity index (χ1) is 8.96. The van der Waals surface area contributed by atoms with E-state index in [1.54, 1.807) is 6.26 Å². The van der Waals surface area contributed by atoms with E-state index in [9.17, 15) is 13.2 Å². The molecule has 19 heavy (non-hydrogen) atoms. The van der Waals surface area contributed by atoms with Gasteiger partial charge in [0.25, 0.3) is 0 Å². The molecule has 0 aromatic carbocycles. The van der Waals surface area contributed by atoms with Gasteiger partial charge in [-0.05, 0) is 38.7 Å². The van der Waals surface area contributed by atoms with Gasteiger partial charge in [-0.2, -0.15) is 13.2 Å². The lowest BCUT2D eigenvalue weighted by Crippen LogP contribution is -2.32. The maximum absolute atomic E-state index is 12.1. The van der Waals surface area contributed by atoms with Crippen molar-refractivity contribution in [3.8, 4) is 0 Å². The molecule has 0 bridgehead atoms. The first-order valence-corrected chi connectivity index (χ1v) is 6.85. The van der Waals surface area contributed by atoms with Crippen LogP contribution in [-0.2, 0) is 6.42 Å². The molecule has 2 atom stereocenters. The Morgan fingerprint density at radius 2 is 2.26 bits per heavy atom. The summed E-state index contributed by atoms with van der Waals surface area (Å²) in [6, 6.07) is 2.28. The van der Waals surface area contributed by atoms with Crippen molar-refractivity contribution in [1.82, 2.24) is 5.32 Å². The summed E-state index contributed by atoms with van der Waals surface area (Å²) >= 11 is 0. The van der Waals surface area contributed by atoms with Crippen molar-refractivity contribution in [3.63, 3.8) is 0 Å². The van der Waals surface area contributed by atoms with Crippen LogP contribution in [-0.4, -0.2) is 12.2 Å². The van der Waals surface area contributed by atoms with Gasteiger partial charge in [-0.15, -0.1) is 0 Å². The van der Waals surface area contributed by atoms with Gasteiger partial charge in [-0.25, -0.2) is 0 Å². The number of fused-ring (bicyclic) bond motifs is 1. The molecule has 0 aliphatic heterocycles. The highest BCUT2D eigenvalue weighted by molar-refractivity contribution is 5.24. The summed E-state index contributed by atoms with van der Waals surface area (Å²) in [4.78, 5) is 0. The van der Waals surface area contributed by atoms with Crippen molar-refractivity contribution < 1.29 is 17.6 Å². The van der Waals surface area contributed by atoms with Crippen molar-refractivity contribution in [3.05, 3.63) is 23.7 Å². The third kappa shape index (κ3) is 4.27. The van der Waals surface area contributed by atoms with Crippen molar-refractivity contribution in [2.24, 2.45) is 0 Å². The Bertz CT molecular complexity index is 400. The van der Waals surface area contributed by atoms with E-state index in [-0.39, 0.29) is 18.5 Å². The standard InChI is InChI=1S/C14H20F3NO/c1-10(4-3-8-14(15,16)17)18-12-5-2-6-13-11(12)7-9-19-13/h7,9-10,12,18H,2-6,8H2,1H3. The summed E-state index contributed by atoms with van der Waals surface area (Å²) in [5.74, 6) is 1.02. The highest BCUT2D eigenvalue weighted by atomic mass is 19.4. The molecule has 1 N–H and O–H groups in total. The predicted molar refractivity (Wildman–Crippen MR) is 66.9 cm³/mol. The first kappa shape index (κ1) is 14.4. The van der Waals surface area contributed by atoms with Crippen LogP contribution in [0.15, 0.2) is 16.7 Å². The fourth-order valence-corrected chi connectivity index (χ4v) is 2.70. The fraction of sp³-hybridized carbons (Fsp3) is 0.714. The van der Waals surface area contributed by atoms with Gasteiger partial charge in [0.1, 0.15) is 5.76 Å². The van der Waals surface area contributed by atoms with Gasteiger partial charge in [-0.3, -0.25) is 0 Å². The molecule has 108 valence electrons. The van der Waals surface area contributed by atoms with Crippen LogP contribution in [0.2, 0.25) is 0 Å². The molecule has 1 aromatic rings. The largest absolute Gasteiger partial charge is 0.469 e. The number of hydrogen-bond donors (Lipinski definition) is 1. The third-order valence-corrected chi connectivity index (χ3v) is 3.64. The van der Waals surface area contributed by atoms with E-state index < -0.39 is 12.6 Å². The summed E-state index contributed by atoms with van der Waals surface area (Å²) < 4.78 is 41.7. The van der Waals surface area contributed by atoms with Crippen LogP contribution in [0.1, 0.15) is 56.4 Å². The zero-order chi connectivity index (χ0) is 13.9. The zero-order valence-electron chi connectivity index (χ0n) is 11.1. The van der Waals surface area contributed by atoms with Crippen LogP contribution in [0.25, 0.3) is 0 Å². The van der Waals surface area contributed by atoms with E-state index in [0.29, 0.717) is 6.42 Å². The monoisotopic (exact) mass is 275 g/mol. The van der Waals surface area contributed by atoms with Crippen LogP contribution in [0.5, 0.6) is 0 Å². The number of alkyl halides is 3. The van der Waals surface area contributed by atoms with Crippen LogP contribution >= 0.6 is 0 Å². The Labute approximate surface area is 111 Å². The molecule has 2 nitrogen and oxygen atoms in total. The topological polar surface area (TPSA) is 25.2 Å². The second-order valence-electron chi connectivity index (χ2n) is 5.32. The molecule has 1 aromatic heterocycles. The van der Waals surface area contributed by atoms with Gasteiger partial charge in [0.15, 0.2) is 0 Å². The Morgan fingerprint density at radius 1 is 1.47 bits per heavy atom. The number of furan rings is 1. The van der Waals surface area contributed by atoms with E-state index >= 15 is 0 Å². The number of hydrogen-bond acceptors (Lipinski definition) is 2. The predicted octanol–water partition coefficient (Wildman–Crippen LogP) is 4.37. The minimum absolute atomic E-state index is 0.0909. The molecule has 1 heterocycles. The Kier molecular flexibility index (Phi) is 4.55. The van der Waals surface area contributed by atoms with Crippen LogP contribution in [0.4, 0.5) is 13.2 Å². The molecule has 1 aliphatic rings. The maximum atomic E-state index is 12.1. The highest BCUT2D eigenvalue weighted by Crippen LogP contribution is 2.31. The van der Waals surface area contributed by atoms with Gasteiger partial charge >= 0.3 is 6.18 Å². The van der Waals surface area contributed by atoms with Gasteiger partial charge in [0, 0.05) is 30.5 Å².